The molecule has 0 fully saturated rings. The minimum absolute atomic E-state index is 0.460. The van der Waals surface area contributed by atoms with E-state index in [2.05, 4.69) is 15.0 Å². The van der Waals surface area contributed by atoms with Gasteiger partial charge in [0.1, 0.15) is 18.0 Å². The molecule has 0 amide bonds. The van der Waals surface area contributed by atoms with Crippen LogP contribution in [-0.4, -0.2) is 25.8 Å². The predicted molar refractivity (Wildman–Crippen MR) is 72.9 cm³/mol. The number of fused-ring (bicyclic) bond motifs is 1. The van der Waals surface area contributed by atoms with Crippen molar-refractivity contribution in [3.63, 3.8) is 0 Å². The number of nitrogen functional groups attached to an aromatic ring is 1. The van der Waals surface area contributed by atoms with E-state index in [9.17, 15) is 0 Å². The summed E-state index contributed by atoms with van der Waals surface area (Å²) in [6.45, 7) is 0. The highest BCUT2D eigenvalue weighted by atomic mass is 32.2. The van der Waals surface area contributed by atoms with Crippen LogP contribution in [0.1, 0.15) is 0 Å². The molecule has 2 heterocycles. The van der Waals surface area contributed by atoms with Crippen molar-refractivity contribution in [3.05, 3.63) is 36.7 Å². The lowest BCUT2D eigenvalue weighted by atomic mass is 10.3. The van der Waals surface area contributed by atoms with Crippen LogP contribution in [0.5, 0.6) is 0 Å². The molecule has 0 aliphatic heterocycles. The summed E-state index contributed by atoms with van der Waals surface area (Å²) in [6, 6.07) is 9.64. The zero-order chi connectivity index (χ0) is 12.5. The van der Waals surface area contributed by atoms with Crippen LogP contribution in [-0.2, 0) is 0 Å². The maximum absolute atomic E-state index is 5.79. The minimum Gasteiger partial charge on any atom is -0.383 e. The molecule has 3 rings (SSSR count). The number of anilines is 1. The van der Waals surface area contributed by atoms with Gasteiger partial charge in [-0.15, -0.1) is 0 Å². The van der Waals surface area contributed by atoms with Crippen LogP contribution in [0.3, 0.4) is 0 Å². The first-order valence-electron chi connectivity index (χ1n) is 5.39. The number of imidazole rings is 1. The van der Waals surface area contributed by atoms with Crippen molar-refractivity contribution >= 4 is 28.6 Å². The first-order chi connectivity index (χ1) is 8.78. The predicted octanol–water partition coefficient (Wildman–Crippen LogP) is 2.12. The zero-order valence-corrected chi connectivity index (χ0v) is 10.6. The molecule has 0 aliphatic rings. The summed E-state index contributed by atoms with van der Waals surface area (Å²) >= 11 is 1.46. The number of rotatable bonds is 2. The van der Waals surface area contributed by atoms with Gasteiger partial charge < -0.3 is 5.73 Å². The molecule has 0 saturated heterocycles. The van der Waals surface area contributed by atoms with E-state index < -0.39 is 0 Å². The Morgan fingerprint density at radius 2 is 2.06 bits per heavy atom. The van der Waals surface area contributed by atoms with E-state index in [0.29, 0.717) is 11.0 Å². The average Bonchev–Trinajstić information content (AvgIpc) is 2.81. The van der Waals surface area contributed by atoms with E-state index in [1.807, 2.05) is 35.1 Å². The lowest BCUT2D eigenvalue weighted by Gasteiger charge is -2.05. The SMILES string of the molecule is CSc1nc(N)cc(-n2cnc3ccccc32)n1. The monoisotopic (exact) mass is 257 g/mol. The van der Waals surface area contributed by atoms with Gasteiger partial charge in [0, 0.05) is 6.07 Å². The highest BCUT2D eigenvalue weighted by molar-refractivity contribution is 7.98. The van der Waals surface area contributed by atoms with E-state index in [1.54, 1.807) is 12.4 Å². The number of para-hydroxylation sites is 2. The molecule has 0 unspecified atom stereocenters. The first-order valence-corrected chi connectivity index (χ1v) is 6.61. The molecule has 18 heavy (non-hydrogen) atoms. The molecule has 1 aromatic carbocycles. The van der Waals surface area contributed by atoms with Gasteiger partial charge in [0.25, 0.3) is 0 Å². The van der Waals surface area contributed by atoms with E-state index >= 15 is 0 Å². The van der Waals surface area contributed by atoms with Crippen LogP contribution >= 0.6 is 11.8 Å². The maximum atomic E-state index is 5.79. The first kappa shape index (κ1) is 11.0. The molecular formula is C12H11N5S. The maximum Gasteiger partial charge on any atom is 0.191 e. The summed E-state index contributed by atoms with van der Waals surface area (Å²) in [5, 5.41) is 0.655. The van der Waals surface area contributed by atoms with Crippen LogP contribution in [0.2, 0.25) is 0 Å². The molecule has 2 N–H and O–H groups in total. The van der Waals surface area contributed by atoms with Gasteiger partial charge >= 0.3 is 0 Å². The van der Waals surface area contributed by atoms with Crippen molar-refractivity contribution < 1.29 is 0 Å². The van der Waals surface area contributed by atoms with Crippen molar-refractivity contribution in [2.45, 2.75) is 5.16 Å². The molecule has 2 aromatic heterocycles. The number of aromatic nitrogens is 4. The van der Waals surface area contributed by atoms with E-state index in [-0.39, 0.29) is 0 Å². The second kappa shape index (κ2) is 4.30. The Labute approximate surface area is 108 Å². The minimum atomic E-state index is 0.460. The fraction of sp³-hybridized carbons (Fsp3) is 0.0833. The Bertz CT molecular complexity index is 707. The molecule has 0 radical (unpaired) electrons. The average molecular weight is 257 g/mol. The van der Waals surface area contributed by atoms with Crippen LogP contribution in [0, 0.1) is 0 Å². The molecule has 0 saturated carbocycles. The van der Waals surface area contributed by atoms with Gasteiger partial charge in [0.2, 0.25) is 0 Å². The summed E-state index contributed by atoms with van der Waals surface area (Å²) in [5.41, 5.74) is 7.72. The smallest absolute Gasteiger partial charge is 0.191 e. The normalized spacial score (nSPS) is 10.9. The van der Waals surface area contributed by atoms with Gasteiger partial charge in [-0.2, -0.15) is 0 Å². The molecule has 6 heteroatoms. The van der Waals surface area contributed by atoms with E-state index in [0.717, 1.165) is 16.9 Å². The number of nitrogens with zero attached hydrogens (tertiary/aromatic N) is 4. The molecule has 3 aromatic rings. The second-order valence-corrected chi connectivity index (χ2v) is 4.51. The summed E-state index contributed by atoms with van der Waals surface area (Å²) in [5.74, 6) is 1.20. The van der Waals surface area contributed by atoms with Gasteiger partial charge in [-0.05, 0) is 18.4 Å². The Morgan fingerprint density at radius 1 is 1.22 bits per heavy atom. The highest BCUT2D eigenvalue weighted by Gasteiger charge is 2.07. The summed E-state index contributed by atoms with van der Waals surface area (Å²) in [7, 11) is 0. The second-order valence-electron chi connectivity index (χ2n) is 3.74. The molecule has 90 valence electrons. The third-order valence-corrected chi connectivity index (χ3v) is 3.14. The Hall–Kier alpha value is -2.08. The van der Waals surface area contributed by atoms with Crippen molar-refractivity contribution in [1.82, 2.24) is 19.5 Å². The van der Waals surface area contributed by atoms with Gasteiger partial charge in [-0.25, -0.2) is 15.0 Å². The molecule has 0 atom stereocenters. The van der Waals surface area contributed by atoms with Gasteiger partial charge in [-0.1, -0.05) is 23.9 Å². The Kier molecular flexibility index (Phi) is 2.64. The van der Waals surface area contributed by atoms with Crippen molar-refractivity contribution in [1.29, 1.82) is 0 Å². The number of hydrogen-bond donors (Lipinski definition) is 1. The lowest BCUT2D eigenvalue weighted by Crippen LogP contribution is -2.01. The van der Waals surface area contributed by atoms with Crippen LogP contribution in [0.4, 0.5) is 5.82 Å². The van der Waals surface area contributed by atoms with Gasteiger partial charge in [-0.3, -0.25) is 4.57 Å². The lowest BCUT2D eigenvalue weighted by molar-refractivity contribution is 0.908. The molecule has 0 spiro atoms. The molecular weight excluding hydrogens is 246 g/mol. The Morgan fingerprint density at radius 3 is 2.89 bits per heavy atom. The zero-order valence-electron chi connectivity index (χ0n) is 9.74. The van der Waals surface area contributed by atoms with E-state index in [4.69, 9.17) is 5.73 Å². The number of thioether (sulfide) groups is 1. The quantitative estimate of drug-likeness (QED) is 0.562. The van der Waals surface area contributed by atoms with Crippen LogP contribution in [0.25, 0.3) is 16.9 Å². The number of nitrogens with two attached hydrogens (primary N) is 1. The van der Waals surface area contributed by atoms with Crippen LogP contribution < -0.4 is 5.73 Å². The van der Waals surface area contributed by atoms with Crippen LogP contribution in [0.15, 0.2) is 41.8 Å². The summed E-state index contributed by atoms with van der Waals surface area (Å²) in [4.78, 5) is 12.9. The molecule has 0 aliphatic carbocycles. The summed E-state index contributed by atoms with van der Waals surface area (Å²) < 4.78 is 1.91. The standard InChI is InChI=1S/C12H11N5S/c1-18-12-15-10(13)6-11(16-12)17-7-14-8-4-2-3-5-9(8)17/h2-7H,1H3,(H2,13,15,16). The van der Waals surface area contributed by atoms with Crippen molar-refractivity contribution in [2.75, 3.05) is 12.0 Å². The molecule has 5 nitrogen and oxygen atoms in total. The van der Waals surface area contributed by atoms with Crippen molar-refractivity contribution in [3.8, 4) is 5.82 Å². The van der Waals surface area contributed by atoms with E-state index in [1.165, 1.54) is 11.8 Å². The largest absolute Gasteiger partial charge is 0.383 e. The fourth-order valence-corrected chi connectivity index (χ4v) is 2.17. The third-order valence-electron chi connectivity index (χ3n) is 2.59. The molecule has 0 bridgehead atoms. The van der Waals surface area contributed by atoms with Crippen molar-refractivity contribution in [2.24, 2.45) is 0 Å². The van der Waals surface area contributed by atoms with Gasteiger partial charge in [0.05, 0.1) is 11.0 Å². The summed E-state index contributed by atoms with van der Waals surface area (Å²) in [6.07, 6.45) is 3.67. The topological polar surface area (TPSA) is 69.6 Å². The fourth-order valence-electron chi connectivity index (χ4n) is 1.79. The number of hydrogen-bond acceptors (Lipinski definition) is 5. The Balaban J connectivity index is 2.22. The number of benzene rings is 1. The highest BCUT2D eigenvalue weighted by Crippen LogP contribution is 2.19. The third kappa shape index (κ3) is 1.80. The van der Waals surface area contributed by atoms with Gasteiger partial charge in [0.15, 0.2) is 5.16 Å².